The fraction of sp³-hybridized carbons (Fsp3) is 0.105. The van der Waals surface area contributed by atoms with E-state index in [1.54, 1.807) is 6.20 Å². The van der Waals surface area contributed by atoms with E-state index in [9.17, 15) is 0 Å². The van der Waals surface area contributed by atoms with Crippen LogP contribution >= 0.6 is 0 Å². The van der Waals surface area contributed by atoms with E-state index < -0.39 is 0 Å². The number of imidazole rings is 1. The smallest absolute Gasteiger partial charge is 0.509 e. The number of benzene rings is 5. The van der Waals surface area contributed by atoms with E-state index in [2.05, 4.69) is 102 Å². The van der Waals surface area contributed by atoms with Crippen molar-refractivity contribution in [3.8, 4) is 34.1 Å². The molecule has 0 aliphatic carbocycles. The molecule has 4 nitrogen and oxygen atoms in total. The molecular formula is C38H29IrN3O+. The predicted octanol–water partition coefficient (Wildman–Crippen LogP) is 8.61. The van der Waals surface area contributed by atoms with Crippen molar-refractivity contribution in [2.75, 3.05) is 0 Å². The third-order valence-corrected chi connectivity index (χ3v) is 7.46. The van der Waals surface area contributed by atoms with E-state index in [4.69, 9.17) is 4.74 Å². The molecule has 0 unspecified atom stereocenters. The Balaban J connectivity index is 0.000000213. The number of rotatable bonds is 2. The molecule has 5 heteroatoms. The maximum Gasteiger partial charge on any atom is 3.00 e. The fourth-order valence-electron chi connectivity index (χ4n) is 5.24. The average Bonchev–Trinajstić information content (AvgIpc) is 3.42. The number of hydrogen-bond donors (Lipinski definition) is 0. The summed E-state index contributed by atoms with van der Waals surface area (Å²) < 4.78 is 10.5. The molecule has 5 aromatic carbocycles. The van der Waals surface area contributed by atoms with Crippen molar-refractivity contribution in [3.63, 3.8) is 0 Å². The van der Waals surface area contributed by atoms with Crippen LogP contribution in [0.1, 0.15) is 26.3 Å². The van der Waals surface area contributed by atoms with E-state index in [-0.39, 0.29) is 25.5 Å². The van der Waals surface area contributed by atoms with Gasteiger partial charge in [0, 0.05) is 11.9 Å². The minimum atomic E-state index is 0. The van der Waals surface area contributed by atoms with E-state index >= 15 is 0 Å². The van der Waals surface area contributed by atoms with E-state index in [1.165, 1.54) is 5.56 Å². The molecule has 0 saturated carbocycles. The van der Waals surface area contributed by atoms with Gasteiger partial charge in [-0.25, -0.2) is 0 Å². The van der Waals surface area contributed by atoms with Gasteiger partial charge in [0.15, 0.2) is 0 Å². The Bertz CT molecular complexity index is 1990. The van der Waals surface area contributed by atoms with Crippen molar-refractivity contribution in [2.45, 2.75) is 26.2 Å². The summed E-state index contributed by atoms with van der Waals surface area (Å²) in [5.74, 6) is 1.64. The first-order chi connectivity index (χ1) is 20.5. The molecule has 0 atom stereocenters. The Morgan fingerprint density at radius 1 is 0.791 bits per heavy atom. The molecule has 1 aliphatic heterocycles. The Kier molecular flexibility index (Phi) is 7.70. The minimum Gasteiger partial charge on any atom is -0.509 e. The van der Waals surface area contributed by atoms with Gasteiger partial charge >= 0.3 is 20.1 Å². The van der Waals surface area contributed by atoms with Crippen molar-refractivity contribution in [2.24, 2.45) is 0 Å². The summed E-state index contributed by atoms with van der Waals surface area (Å²) in [4.78, 5) is 4.22. The molecule has 0 amide bonds. The molecule has 0 fully saturated rings. The van der Waals surface area contributed by atoms with Crippen molar-refractivity contribution >= 4 is 21.8 Å². The largest absolute Gasteiger partial charge is 3.00 e. The standard InChI is InChI=1S/C27H21N2O.C11H8N.Ir/c1-27(2,3)20-11-13-21(14-12-20)28-17-29-23-15-18-7-4-5-8-19(18)16-25(23)30-24-10-6-9-22(28)26(24)29;1-2-6-10(7-3-1)11-8-4-5-9-12-11;/h4-14,16H,1-3H3;1-6,8-9H;/q2*-1;+3. The molecule has 43 heavy (non-hydrogen) atoms. The number of aromatic nitrogens is 3. The van der Waals surface area contributed by atoms with Crippen LogP contribution in [-0.2, 0) is 25.5 Å². The average molecular weight is 736 g/mol. The van der Waals surface area contributed by atoms with Gasteiger partial charge in [-0.05, 0) is 40.9 Å². The summed E-state index contributed by atoms with van der Waals surface area (Å²) in [7, 11) is 0. The van der Waals surface area contributed by atoms with Gasteiger partial charge in [0.1, 0.15) is 11.3 Å². The normalized spacial score (nSPS) is 11.6. The molecular weight excluding hydrogens is 707 g/mol. The Morgan fingerprint density at radius 3 is 2.33 bits per heavy atom. The van der Waals surface area contributed by atoms with Gasteiger partial charge in [-0.2, -0.15) is 0 Å². The molecule has 0 spiro atoms. The van der Waals surface area contributed by atoms with Gasteiger partial charge in [0.25, 0.3) is 6.33 Å². The number of pyridine rings is 1. The van der Waals surface area contributed by atoms with Crippen LogP contribution in [0.5, 0.6) is 11.5 Å². The zero-order chi connectivity index (χ0) is 28.7. The molecule has 3 heterocycles. The van der Waals surface area contributed by atoms with Crippen molar-refractivity contribution in [1.82, 2.24) is 9.55 Å². The Hall–Kier alpha value is -4.57. The van der Waals surface area contributed by atoms with Crippen molar-refractivity contribution in [1.29, 1.82) is 0 Å². The Morgan fingerprint density at radius 2 is 1.58 bits per heavy atom. The summed E-state index contributed by atoms with van der Waals surface area (Å²) in [5.41, 5.74) is 7.49. The molecule has 0 bridgehead atoms. The monoisotopic (exact) mass is 736 g/mol. The SMILES string of the molecule is CC(C)(C)c1ccc(-n2[c-][n+]3c4c(cccc42)Oc2cc4ccccc4[c-]c2-3)cc1.[Ir+3].[c-]1ccccc1-c1ccccn1. The second-order valence-electron chi connectivity index (χ2n) is 11.4. The first-order valence-corrected chi connectivity index (χ1v) is 14.1. The first kappa shape index (κ1) is 28.5. The fourth-order valence-corrected chi connectivity index (χ4v) is 5.24. The number of para-hydroxylation sites is 1. The van der Waals surface area contributed by atoms with Crippen molar-refractivity contribution < 1.29 is 29.4 Å². The van der Waals surface area contributed by atoms with Crippen LogP contribution in [0.4, 0.5) is 0 Å². The molecule has 1 aliphatic rings. The molecule has 7 aromatic rings. The molecule has 2 aromatic heterocycles. The summed E-state index contributed by atoms with van der Waals surface area (Å²) in [6, 6.07) is 45.6. The van der Waals surface area contributed by atoms with Gasteiger partial charge in [0.2, 0.25) is 0 Å². The molecule has 8 rings (SSSR count). The van der Waals surface area contributed by atoms with Gasteiger partial charge < -0.3 is 14.3 Å². The van der Waals surface area contributed by atoms with E-state index in [0.29, 0.717) is 0 Å². The third kappa shape index (κ3) is 5.50. The van der Waals surface area contributed by atoms with Crippen molar-refractivity contribution in [3.05, 3.63) is 145 Å². The maximum atomic E-state index is 6.29. The van der Waals surface area contributed by atoms with Crippen LogP contribution in [0.2, 0.25) is 0 Å². The van der Waals surface area contributed by atoms with Crippen LogP contribution in [0.25, 0.3) is 44.4 Å². The Labute approximate surface area is 265 Å². The first-order valence-electron chi connectivity index (χ1n) is 14.1. The van der Waals surface area contributed by atoms with E-state index in [0.717, 1.165) is 55.9 Å². The number of nitrogens with zero attached hydrogens (tertiary/aromatic N) is 3. The predicted molar refractivity (Wildman–Crippen MR) is 167 cm³/mol. The summed E-state index contributed by atoms with van der Waals surface area (Å²) in [6.07, 6.45) is 5.34. The maximum absolute atomic E-state index is 6.29. The minimum absolute atomic E-state index is 0. The topological polar surface area (TPSA) is 30.9 Å². The van der Waals surface area contributed by atoms with Crippen LogP contribution in [0.15, 0.2) is 121 Å². The molecule has 0 saturated heterocycles. The molecule has 0 N–H and O–H groups in total. The summed E-state index contributed by atoms with van der Waals surface area (Å²) in [5, 5.41) is 2.18. The number of ether oxygens (including phenoxy) is 1. The van der Waals surface area contributed by atoms with E-state index in [1.807, 2.05) is 66.7 Å². The number of hydrogen-bond acceptors (Lipinski definition) is 2. The van der Waals surface area contributed by atoms with Crippen LogP contribution in [-0.4, -0.2) is 9.55 Å². The molecule has 210 valence electrons. The second-order valence-corrected chi connectivity index (χ2v) is 11.4. The van der Waals surface area contributed by atoms with Gasteiger partial charge in [-0.1, -0.05) is 75.4 Å². The van der Waals surface area contributed by atoms with Gasteiger partial charge in [-0.3, -0.25) is 4.57 Å². The second kappa shape index (κ2) is 11.6. The van der Waals surface area contributed by atoms with Crippen LogP contribution in [0.3, 0.4) is 0 Å². The zero-order valence-electron chi connectivity index (χ0n) is 24.1. The van der Waals surface area contributed by atoms with Crippen LogP contribution < -0.4 is 9.30 Å². The van der Waals surface area contributed by atoms with Gasteiger partial charge in [-0.15, -0.1) is 64.9 Å². The zero-order valence-corrected chi connectivity index (χ0v) is 26.5. The summed E-state index contributed by atoms with van der Waals surface area (Å²) in [6.45, 7) is 6.70. The molecule has 0 radical (unpaired) electrons. The quantitative estimate of drug-likeness (QED) is 0.132. The third-order valence-electron chi connectivity index (χ3n) is 7.46. The van der Waals surface area contributed by atoms with Gasteiger partial charge in [0.05, 0.1) is 17.0 Å². The number of fused-ring (bicyclic) bond motifs is 3. The summed E-state index contributed by atoms with van der Waals surface area (Å²) >= 11 is 0. The van der Waals surface area contributed by atoms with Crippen LogP contribution in [0, 0.1) is 18.5 Å².